The van der Waals surface area contributed by atoms with Crippen LogP contribution in [0, 0.1) is 6.92 Å². The quantitative estimate of drug-likeness (QED) is 0.677. The van der Waals surface area contributed by atoms with Crippen molar-refractivity contribution in [3.8, 4) is 11.3 Å². The lowest BCUT2D eigenvalue weighted by atomic mass is 9.94. The van der Waals surface area contributed by atoms with Gasteiger partial charge in [0.25, 0.3) is 0 Å². The molecule has 1 aliphatic heterocycles. The Morgan fingerprint density at radius 1 is 1.10 bits per heavy atom. The molecule has 6 heteroatoms. The molecule has 1 amide bonds. The number of hydrogen-bond donors (Lipinski definition) is 0. The van der Waals surface area contributed by atoms with Crippen molar-refractivity contribution in [2.75, 3.05) is 13.7 Å². The van der Waals surface area contributed by atoms with E-state index in [1.54, 1.807) is 13.3 Å². The molecule has 1 aromatic heterocycles. The minimum Gasteiger partial charge on any atom is -0.380 e. The fraction of sp³-hybridized carbons (Fsp3) is 0.348. The van der Waals surface area contributed by atoms with Crippen LogP contribution in [0.3, 0.4) is 0 Å². The Hall–Kier alpha value is -2.99. The molecule has 0 bridgehead atoms. The van der Waals surface area contributed by atoms with E-state index in [1.807, 2.05) is 54.3 Å². The summed E-state index contributed by atoms with van der Waals surface area (Å²) < 4.78 is 5.55. The number of ether oxygens (including phenoxy) is 1. The molecule has 2 heterocycles. The summed E-state index contributed by atoms with van der Waals surface area (Å²) in [5.41, 5.74) is 4.04. The van der Waals surface area contributed by atoms with E-state index in [1.165, 1.54) is 15.9 Å². The number of carbonyl (C=O) groups is 1. The van der Waals surface area contributed by atoms with Gasteiger partial charge < -0.3 is 9.64 Å². The topological polar surface area (TPSA) is 60.2 Å². The Kier molecular flexibility index (Phi) is 5.71. The van der Waals surface area contributed by atoms with Gasteiger partial charge in [-0.2, -0.15) is 5.10 Å². The Balaban J connectivity index is 1.56. The number of methoxy groups -OCH3 is 1. The zero-order chi connectivity index (χ0) is 20.2. The van der Waals surface area contributed by atoms with Crippen molar-refractivity contribution in [1.29, 1.82) is 0 Å². The highest BCUT2D eigenvalue weighted by atomic mass is 16.5. The van der Waals surface area contributed by atoms with Crippen molar-refractivity contribution in [1.82, 2.24) is 19.9 Å². The second-order valence-electron chi connectivity index (χ2n) is 7.60. The molecule has 1 saturated heterocycles. The van der Waals surface area contributed by atoms with Gasteiger partial charge in [-0.3, -0.25) is 0 Å². The van der Waals surface area contributed by atoms with Crippen LogP contribution in [0.2, 0.25) is 0 Å². The third-order valence-electron chi connectivity index (χ3n) is 5.57. The Bertz CT molecular complexity index is 953. The van der Waals surface area contributed by atoms with Crippen LogP contribution in [0.25, 0.3) is 11.3 Å². The van der Waals surface area contributed by atoms with Crippen molar-refractivity contribution in [3.63, 3.8) is 0 Å². The van der Waals surface area contributed by atoms with Gasteiger partial charge in [0.15, 0.2) is 0 Å². The molecule has 0 aliphatic carbocycles. The van der Waals surface area contributed by atoms with Crippen LogP contribution in [-0.2, 0) is 11.2 Å². The molecule has 0 spiro atoms. The van der Waals surface area contributed by atoms with Crippen LogP contribution in [0.15, 0.2) is 60.8 Å². The first-order valence-electron chi connectivity index (χ1n) is 10.0. The number of amides is 1. The lowest BCUT2D eigenvalue weighted by Crippen LogP contribution is -2.52. The lowest BCUT2D eigenvalue weighted by molar-refractivity contribution is 0.0212. The largest absolute Gasteiger partial charge is 0.380 e. The normalized spacial score (nSPS) is 19.3. The number of benzene rings is 2. The van der Waals surface area contributed by atoms with E-state index in [-0.39, 0.29) is 18.2 Å². The highest BCUT2D eigenvalue weighted by molar-refractivity contribution is 5.76. The van der Waals surface area contributed by atoms with Crippen molar-refractivity contribution in [2.45, 2.75) is 38.3 Å². The van der Waals surface area contributed by atoms with E-state index in [4.69, 9.17) is 4.74 Å². The molecular weight excluding hydrogens is 364 g/mol. The highest BCUT2D eigenvalue weighted by Gasteiger charge is 2.33. The number of aryl methyl sites for hydroxylation is 1. The first-order chi connectivity index (χ1) is 14.1. The fourth-order valence-electron chi connectivity index (χ4n) is 3.85. The number of carbonyl (C=O) groups excluding carboxylic acids is 1. The number of aromatic nitrogens is 3. The first-order valence-corrected chi connectivity index (χ1v) is 10.0. The van der Waals surface area contributed by atoms with Gasteiger partial charge in [0.05, 0.1) is 12.3 Å². The molecule has 4 rings (SSSR count). The van der Waals surface area contributed by atoms with Crippen LogP contribution >= 0.6 is 0 Å². The predicted molar refractivity (Wildman–Crippen MR) is 112 cm³/mol. The Labute approximate surface area is 171 Å². The summed E-state index contributed by atoms with van der Waals surface area (Å²) in [5, 5.41) is 8.71. The summed E-state index contributed by atoms with van der Waals surface area (Å²) in [7, 11) is 1.70. The van der Waals surface area contributed by atoms with E-state index in [0.717, 1.165) is 24.8 Å². The average Bonchev–Trinajstić information content (AvgIpc) is 3.25. The van der Waals surface area contributed by atoms with E-state index >= 15 is 0 Å². The third kappa shape index (κ3) is 4.38. The van der Waals surface area contributed by atoms with Crippen molar-refractivity contribution in [3.05, 3.63) is 71.9 Å². The monoisotopic (exact) mass is 390 g/mol. The predicted octanol–water partition coefficient (Wildman–Crippen LogP) is 3.94. The number of hydrogen-bond acceptors (Lipinski definition) is 4. The maximum Gasteiger partial charge on any atom is 0.362 e. The van der Waals surface area contributed by atoms with Gasteiger partial charge in [0.2, 0.25) is 0 Å². The van der Waals surface area contributed by atoms with E-state index in [0.29, 0.717) is 12.2 Å². The molecular formula is C23H26N4O2. The SMILES string of the molecule is CO[C@H]1CC[C@H](Cc2ccccc2)N(C(=O)n2ncc(-c3ccc(C)cc3)n2)C1. The molecule has 2 aromatic carbocycles. The molecule has 2 atom stereocenters. The summed E-state index contributed by atoms with van der Waals surface area (Å²) in [5.74, 6) is 0. The molecule has 0 radical (unpaired) electrons. The zero-order valence-electron chi connectivity index (χ0n) is 16.9. The maximum absolute atomic E-state index is 13.3. The summed E-state index contributed by atoms with van der Waals surface area (Å²) in [6, 6.07) is 18.2. The average molecular weight is 390 g/mol. The first kappa shape index (κ1) is 19.3. The molecule has 0 saturated carbocycles. The zero-order valence-corrected chi connectivity index (χ0v) is 16.9. The molecule has 1 aliphatic rings. The van der Waals surface area contributed by atoms with Crippen LogP contribution < -0.4 is 0 Å². The minimum atomic E-state index is -0.203. The number of nitrogens with zero attached hydrogens (tertiary/aromatic N) is 4. The smallest absolute Gasteiger partial charge is 0.362 e. The van der Waals surface area contributed by atoms with Crippen LogP contribution in [-0.4, -0.2) is 51.7 Å². The summed E-state index contributed by atoms with van der Waals surface area (Å²) in [6.07, 6.45) is 4.34. The van der Waals surface area contributed by atoms with Gasteiger partial charge in [-0.05, 0) is 31.7 Å². The number of likely N-dealkylation sites (tertiary alicyclic amines) is 1. The maximum atomic E-state index is 13.3. The van der Waals surface area contributed by atoms with E-state index in [2.05, 4.69) is 22.3 Å². The van der Waals surface area contributed by atoms with Gasteiger partial charge in [-0.25, -0.2) is 4.79 Å². The summed E-state index contributed by atoms with van der Waals surface area (Å²) in [4.78, 5) is 16.3. The standard InChI is InChI=1S/C23H26N4O2/c1-17-8-10-19(11-9-17)22-15-24-27(25-22)23(28)26-16-21(29-2)13-12-20(26)14-18-6-4-3-5-7-18/h3-11,15,20-21H,12-14,16H2,1-2H3/t20-,21+/m1/s1. The van der Waals surface area contributed by atoms with Crippen LogP contribution in [0.5, 0.6) is 0 Å². The van der Waals surface area contributed by atoms with Crippen LogP contribution in [0.1, 0.15) is 24.0 Å². The fourth-order valence-corrected chi connectivity index (χ4v) is 3.85. The second kappa shape index (κ2) is 8.57. The van der Waals surface area contributed by atoms with Gasteiger partial charge in [0.1, 0.15) is 5.69 Å². The number of piperidine rings is 1. The minimum absolute atomic E-state index is 0.0399. The van der Waals surface area contributed by atoms with Gasteiger partial charge >= 0.3 is 6.03 Å². The summed E-state index contributed by atoms with van der Waals surface area (Å²) in [6.45, 7) is 2.59. The summed E-state index contributed by atoms with van der Waals surface area (Å²) >= 11 is 0. The molecule has 150 valence electrons. The molecule has 3 aromatic rings. The van der Waals surface area contributed by atoms with Crippen molar-refractivity contribution in [2.24, 2.45) is 0 Å². The molecule has 6 nitrogen and oxygen atoms in total. The Morgan fingerprint density at radius 3 is 2.59 bits per heavy atom. The van der Waals surface area contributed by atoms with Gasteiger partial charge in [-0.1, -0.05) is 65.0 Å². The van der Waals surface area contributed by atoms with Crippen molar-refractivity contribution < 1.29 is 9.53 Å². The second-order valence-corrected chi connectivity index (χ2v) is 7.60. The van der Waals surface area contributed by atoms with Crippen molar-refractivity contribution >= 4 is 6.03 Å². The van der Waals surface area contributed by atoms with E-state index in [9.17, 15) is 4.79 Å². The Morgan fingerprint density at radius 2 is 1.86 bits per heavy atom. The highest BCUT2D eigenvalue weighted by Crippen LogP contribution is 2.24. The molecule has 1 fully saturated rings. The van der Waals surface area contributed by atoms with Gasteiger partial charge in [-0.15, -0.1) is 5.10 Å². The lowest BCUT2D eigenvalue weighted by Gasteiger charge is -2.38. The van der Waals surface area contributed by atoms with E-state index < -0.39 is 0 Å². The van der Waals surface area contributed by atoms with Gasteiger partial charge in [0, 0.05) is 25.3 Å². The molecule has 0 N–H and O–H groups in total. The third-order valence-corrected chi connectivity index (χ3v) is 5.57. The number of rotatable bonds is 4. The van der Waals surface area contributed by atoms with Crippen LogP contribution in [0.4, 0.5) is 4.79 Å². The molecule has 0 unspecified atom stereocenters. The molecule has 29 heavy (non-hydrogen) atoms.